The molecule has 2 rings (SSSR count). The zero-order valence-corrected chi connectivity index (χ0v) is 12.6. The molecule has 0 bridgehead atoms. The van der Waals surface area contributed by atoms with Crippen LogP contribution in [0.25, 0.3) is 0 Å². The summed E-state index contributed by atoms with van der Waals surface area (Å²) in [4.78, 5) is 16.3. The molecular weight excluding hydrogens is 276 g/mol. The Kier molecular flexibility index (Phi) is 4.77. The number of halogens is 2. The molecule has 1 aliphatic heterocycles. The minimum atomic E-state index is -0.748. The molecule has 1 aromatic rings. The van der Waals surface area contributed by atoms with Gasteiger partial charge in [-0.05, 0) is 25.6 Å². The molecular formula is C15H21F2N3O. The third-order valence-electron chi connectivity index (χ3n) is 4.07. The first-order chi connectivity index (χ1) is 9.97. The van der Waals surface area contributed by atoms with Gasteiger partial charge in [0.15, 0.2) is 0 Å². The molecule has 0 radical (unpaired) electrons. The van der Waals surface area contributed by atoms with Crippen molar-refractivity contribution in [1.29, 1.82) is 0 Å². The summed E-state index contributed by atoms with van der Waals surface area (Å²) in [6.07, 6.45) is 0.932. The number of carbonyl (C=O) groups is 1. The maximum atomic E-state index is 13.8. The van der Waals surface area contributed by atoms with Crippen molar-refractivity contribution in [3.8, 4) is 0 Å². The minimum absolute atomic E-state index is 0.0587. The number of anilines is 1. The summed E-state index contributed by atoms with van der Waals surface area (Å²) in [5, 5.41) is 2.45. The molecule has 0 aromatic heterocycles. The fourth-order valence-corrected chi connectivity index (χ4v) is 2.69. The second-order valence-electron chi connectivity index (χ2n) is 5.36. The Morgan fingerprint density at radius 1 is 1.33 bits per heavy atom. The van der Waals surface area contributed by atoms with Gasteiger partial charge in [-0.3, -0.25) is 9.69 Å². The van der Waals surface area contributed by atoms with E-state index in [2.05, 4.69) is 17.1 Å². The van der Waals surface area contributed by atoms with Crippen LogP contribution < -0.4 is 5.32 Å². The number of hydrogen-bond donors (Lipinski definition) is 1. The van der Waals surface area contributed by atoms with E-state index in [1.807, 2.05) is 7.05 Å². The predicted octanol–water partition coefficient (Wildman–Crippen LogP) is 2.17. The van der Waals surface area contributed by atoms with E-state index in [0.29, 0.717) is 13.1 Å². The highest BCUT2D eigenvalue weighted by Crippen LogP contribution is 2.22. The summed E-state index contributed by atoms with van der Waals surface area (Å²) < 4.78 is 27.5. The molecule has 116 valence electrons. The van der Waals surface area contributed by atoms with E-state index in [9.17, 15) is 13.6 Å². The monoisotopic (exact) mass is 297 g/mol. The van der Waals surface area contributed by atoms with Crippen molar-refractivity contribution in [2.75, 3.05) is 39.0 Å². The summed E-state index contributed by atoms with van der Waals surface area (Å²) in [6.45, 7) is 3.99. The van der Waals surface area contributed by atoms with Gasteiger partial charge in [0.25, 0.3) is 5.91 Å². The van der Waals surface area contributed by atoms with E-state index >= 15 is 0 Å². The van der Waals surface area contributed by atoms with Gasteiger partial charge < -0.3 is 10.2 Å². The Morgan fingerprint density at radius 2 is 1.95 bits per heavy atom. The molecule has 1 aromatic carbocycles. The Labute approximate surface area is 123 Å². The van der Waals surface area contributed by atoms with E-state index < -0.39 is 11.6 Å². The summed E-state index contributed by atoms with van der Waals surface area (Å²) in [5.74, 6) is -1.81. The molecule has 1 unspecified atom stereocenters. The van der Waals surface area contributed by atoms with Crippen LogP contribution in [0.2, 0.25) is 0 Å². The standard InChI is InChI=1S/C15H21F2N3O/c1-4-11-9-20(6-5-19(11)3)15(21)10-7-12(16)14(18-2)13(17)8-10/h7-8,11,18H,4-6,9H2,1-3H3. The Morgan fingerprint density at radius 3 is 2.48 bits per heavy atom. The van der Waals surface area contributed by atoms with Crippen LogP contribution in [0.15, 0.2) is 12.1 Å². The molecule has 4 nitrogen and oxygen atoms in total. The lowest BCUT2D eigenvalue weighted by Gasteiger charge is -2.39. The van der Waals surface area contributed by atoms with Crippen LogP contribution in [0.5, 0.6) is 0 Å². The first kappa shape index (κ1) is 15.7. The second-order valence-corrected chi connectivity index (χ2v) is 5.36. The van der Waals surface area contributed by atoms with Crippen molar-refractivity contribution >= 4 is 11.6 Å². The number of nitrogens with one attached hydrogen (secondary N) is 1. The number of nitrogens with zero attached hydrogens (tertiary/aromatic N) is 2. The molecule has 1 saturated heterocycles. The molecule has 0 saturated carbocycles. The Hall–Kier alpha value is -1.69. The van der Waals surface area contributed by atoms with Crippen LogP contribution in [0.1, 0.15) is 23.7 Å². The van der Waals surface area contributed by atoms with Crippen molar-refractivity contribution in [2.45, 2.75) is 19.4 Å². The van der Waals surface area contributed by atoms with Crippen molar-refractivity contribution in [2.24, 2.45) is 0 Å². The number of hydrogen-bond acceptors (Lipinski definition) is 3. The zero-order valence-electron chi connectivity index (χ0n) is 12.6. The van der Waals surface area contributed by atoms with Crippen molar-refractivity contribution in [3.05, 3.63) is 29.3 Å². The van der Waals surface area contributed by atoms with Crippen molar-refractivity contribution in [3.63, 3.8) is 0 Å². The van der Waals surface area contributed by atoms with Crippen LogP contribution in [0.4, 0.5) is 14.5 Å². The van der Waals surface area contributed by atoms with Crippen LogP contribution in [0.3, 0.4) is 0 Å². The lowest BCUT2D eigenvalue weighted by molar-refractivity contribution is 0.0541. The zero-order chi connectivity index (χ0) is 15.6. The highest BCUT2D eigenvalue weighted by molar-refractivity contribution is 5.94. The molecule has 21 heavy (non-hydrogen) atoms. The van der Waals surface area contributed by atoms with Crippen molar-refractivity contribution in [1.82, 2.24) is 9.80 Å². The third-order valence-corrected chi connectivity index (χ3v) is 4.07. The number of rotatable bonds is 3. The van der Waals surface area contributed by atoms with Gasteiger partial charge in [-0.25, -0.2) is 8.78 Å². The predicted molar refractivity (Wildman–Crippen MR) is 78.5 cm³/mol. The molecule has 1 amide bonds. The Balaban J connectivity index is 2.20. The average molecular weight is 297 g/mol. The van der Waals surface area contributed by atoms with Gasteiger partial charge in [0.2, 0.25) is 0 Å². The van der Waals surface area contributed by atoms with Crippen LogP contribution in [-0.4, -0.2) is 55.5 Å². The highest BCUT2D eigenvalue weighted by atomic mass is 19.1. The second kappa shape index (κ2) is 6.39. The van der Waals surface area contributed by atoms with Gasteiger partial charge in [-0.15, -0.1) is 0 Å². The van der Waals surface area contributed by atoms with E-state index in [1.54, 1.807) is 4.90 Å². The largest absolute Gasteiger partial charge is 0.383 e. The summed E-state index contributed by atoms with van der Waals surface area (Å²) in [5.41, 5.74) is -0.153. The fraction of sp³-hybridized carbons (Fsp3) is 0.533. The summed E-state index contributed by atoms with van der Waals surface area (Å²) in [7, 11) is 3.46. The first-order valence-corrected chi connectivity index (χ1v) is 7.14. The third kappa shape index (κ3) is 3.15. The van der Waals surface area contributed by atoms with Gasteiger partial charge >= 0.3 is 0 Å². The molecule has 1 atom stereocenters. The number of benzene rings is 1. The summed E-state index contributed by atoms with van der Waals surface area (Å²) >= 11 is 0. The molecule has 6 heteroatoms. The van der Waals surface area contributed by atoms with Gasteiger partial charge in [-0.2, -0.15) is 0 Å². The molecule has 0 spiro atoms. The van der Waals surface area contributed by atoms with Gasteiger partial charge in [0.05, 0.1) is 0 Å². The average Bonchev–Trinajstić information content (AvgIpc) is 2.46. The van der Waals surface area contributed by atoms with Gasteiger partial charge in [0.1, 0.15) is 17.3 Å². The van der Waals surface area contributed by atoms with Crippen molar-refractivity contribution < 1.29 is 13.6 Å². The maximum Gasteiger partial charge on any atom is 0.254 e. The SMILES string of the molecule is CCC1CN(C(=O)c2cc(F)c(NC)c(F)c2)CCN1C. The lowest BCUT2D eigenvalue weighted by Crippen LogP contribution is -2.53. The first-order valence-electron chi connectivity index (χ1n) is 7.14. The summed E-state index contributed by atoms with van der Waals surface area (Å²) in [6, 6.07) is 2.47. The number of piperazine rings is 1. The Bertz CT molecular complexity index is 513. The van der Waals surface area contributed by atoms with Gasteiger partial charge in [-0.1, -0.05) is 6.92 Å². The normalized spacial score (nSPS) is 19.7. The highest BCUT2D eigenvalue weighted by Gasteiger charge is 2.27. The maximum absolute atomic E-state index is 13.8. The van der Waals surface area contributed by atoms with Gasteiger partial charge in [0, 0.05) is 38.3 Å². The van der Waals surface area contributed by atoms with E-state index in [0.717, 1.165) is 25.1 Å². The number of amides is 1. The lowest BCUT2D eigenvalue weighted by atomic mass is 10.1. The number of carbonyl (C=O) groups excluding carboxylic acids is 1. The molecule has 1 heterocycles. The van der Waals surface area contributed by atoms with Crippen LogP contribution in [-0.2, 0) is 0 Å². The van der Waals surface area contributed by atoms with Crippen LogP contribution in [0, 0.1) is 11.6 Å². The fourth-order valence-electron chi connectivity index (χ4n) is 2.69. The number of likely N-dealkylation sites (N-methyl/N-ethyl adjacent to an activating group) is 1. The van der Waals surface area contributed by atoms with Crippen LogP contribution >= 0.6 is 0 Å². The topological polar surface area (TPSA) is 35.6 Å². The molecule has 1 N–H and O–H groups in total. The van der Waals surface area contributed by atoms with E-state index in [4.69, 9.17) is 0 Å². The minimum Gasteiger partial charge on any atom is -0.383 e. The molecule has 0 aliphatic carbocycles. The molecule has 1 aliphatic rings. The van der Waals surface area contributed by atoms with E-state index in [-0.39, 0.29) is 23.2 Å². The quantitative estimate of drug-likeness (QED) is 0.929. The smallest absolute Gasteiger partial charge is 0.254 e. The van der Waals surface area contributed by atoms with E-state index in [1.165, 1.54) is 7.05 Å². The molecule has 1 fully saturated rings.